The van der Waals surface area contributed by atoms with Crippen LogP contribution in [-0.2, 0) is 27.3 Å². The van der Waals surface area contributed by atoms with E-state index >= 15 is 0 Å². The Morgan fingerprint density at radius 1 is 0.904 bits per heavy atom. The number of nitrogens with two attached hydrogens (primary N) is 2. The fraction of sp³-hybridized carbons (Fsp3) is 0.424. The molecule has 0 spiro atoms. The van der Waals surface area contributed by atoms with Gasteiger partial charge in [0.05, 0.1) is 36.0 Å². The van der Waals surface area contributed by atoms with Gasteiger partial charge in [-0.3, -0.25) is 14.6 Å². The fourth-order valence-electron chi connectivity index (χ4n) is 4.34. The van der Waals surface area contributed by atoms with Crippen LogP contribution in [0.1, 0.15) is 62.5 Å². The van der Waals surface area contributed by atoms with Crippen LogP contribution in [0.25, 0.3) is 10.9 Å². The maximum absolute atomic E-state index is 12.6. The zero-order chi connectivity index (χ0) is 40.0. The Bertz CT molecular complexity index is 1680. The van der Waals surface area contributed by atoms with Crippen molar-refractivity contribution in [3.8, 4) is 11.5 Å². The van der Waals surface area contributed by atoms with Gasteiger partial charge < -0.3 is 41.8 Å². The molecule has 2 amide bonds. The molecule has 52 heavy (non-hydrogen) atoms. The van der Waals surface area contributed by atoms with Crippen molar-refractivity contribution in [1.82, 2.24) is 10.3 Å². The van der Waals surface area contributed by atoms with Gasteiger partial charge in [0.15, 0.2) is 11.5 Å². The number of anilines is 2. The molecule has 0 saturated carbocycles. The number of halogens is 6. The molecule has 0 radical (unpaired) electrons. The molecule has 2 aromatic carbocycles. The minimum absolute atomic E-state index is 0.0886. The lowest BCUT2D eigenvalue weighted by Crippen LogP contribution is -2.44. The van der Waals surface area contributed by atoms with E-state index in [-0.39, 0.29) is 17.4 Å². The van der Waals surface area contributed by atoms with Crippen LogP contribution < -0.4 is 31.6 Å². The number of nitrogens with one attached hydrogen (secondary N) is 2. The highest BCUT2D eigenvalue weighted by molar-refractivity contribution is 6.08. The topological polar surface area (TPSA) is 216 Å². The largest absolute Gasteiger partial charge is 0.490 e. The molecule has 19 heteroatoms. The van der Waals surface area contributed by atoms with Crippen LogP contribution in [0, 0.1) is 5.92 Å². The van der Waals surface area contributed by atoms with Crippen LogP contribution in [-0.4, -0.2) is 70.6 Å². The highest BCUT2D eigenvalue weighted by Gasteiger charge is 2.39. The van der Waals surface area contributed by atoms with E-state index < -0.39 is 36.2 Å². The molecule has 288 valence electrons. The highest BCUT2D eigenvalue weighted by Crippen LogP contribution is 2.38. The van der Waals surface area contributed by atoms with Gasteiger partial charge in [-0.25, -0.2) is 9.59 Å². The average Bonchev–Trinajstić information content (AvgIpc) is 3.06. The van der Waals surface area contributed by atoms with Gasteiger partial charge in [-0.15, -0.1) is 0 Å². The van der Waals surface area contributed by atoms with Crippen LogP contribution in [0.4, 0.5) is 37.7 Å². The molecule has 3 rings (SSSR count). The van der Waals surface area contributed by atoms with E-state index in [0.717, 1.165) is 23.2 Å². The molecule has 0 saturated heterocycles. The number of hydrogen-bond donors (Lipinski definition) is 6. The summed E-state index contributed by atoms with van der Waals surface area (Å²) in [5.41, 5.74) is 16.0. The van der Waals surface area contributed by atoms with E-state index in [1.165, 1.54) is 6.20 Å². The lowest BCUT2D eigenvalue weighted by molar-refractivity contribution is -0.193. The maximum atomic E-state index is 12.6. The van der Waals surface area contributed by atoms with E-state index in [2.05, 4.69) is 15.6 Å². The number of alkyl halides is 6. The van der Waals surface area contributed by atoms with Gasteiger partial charge in [0.25, 0.3) is 5.91 Å². The second-order valence-electron chi connectivity index (χ2n) is 10.7. The Balaban J connectivity index is 0.000000812. The second kappa shape index (κ2) is 19.9. The van der Waals surface area contributed by atoms with Crippen molar-refractivity contribution >= 4 is 46.0 Å². The lowest BCUT2D eigenvalue weighted by atomic mass is 9.98. The van der Waals surface area contributed by atoms with E-state index in [9.17, 15) is 35.9 Å². The molecule has 0 aliphatic carbocycles. The number of fused-ring (bicyclic) bond motifs is 1. The molecule has 0 fully saturated rings. The number of amides is 2. The number of pyridine rings is 1. The Hall–Kier alpha value is -5.33. The van der Waals surface area contributed by atoms with Gasteiger partial charge >= 0.3 is 24.3 Å². The predicted molar refractivity (Wildman–Crippen MR) is 178 cm³/mol. The number of rotatable bonds is 13. The molecular formula is C33H41F6N5O8. The van der Waals surface area contributed by atoms with Gasteiger partial charge in [-0.1, -0.05) is 39.3 Å². The average molecular weight is 750 g/mol. The number of aromatic nitrogens is 1. The third-order valence-corrected chi connectivity index (χ3v) is 7.18. The first-order chi connectivity index (χ1) is 24.1. The number of carboxylic acids is 2. The third-order valence-electron chi connectivity index (χ3n) is 7.18. The summed E-state index contributed by atoms with van der Waals surface area (Å²) in [5.74, 6) is -5.07. The molecular weight excluding hydrogens is 708 g/mol. The van der Waals surface area contributed by atoms with Crippen LogP contribution in [0.3, 0.4) is 0 Å². The summed E-state index contributed by atoms with van der Waals surface area (Å²) in [7, 11) is 0. The number of carboxylic acid groups (broad SMARTS) is 2. The Labute approximate surface area is 294 Å². The van der Waals surface area contributed by atoms with E-state index in [1.54, 1.807) is 6.07 Å². The van der Waals surface area contributed by atoms with Crippen molar-refractivity contribution < 1.29 is 65.2 Å². The van der Waals surface area contributed by atoms with E-state index in [0.29, 0.717) is 54.3 Å². The predicted octanol–water partition coefficient (Wildman–Crippen LogP) is 5.69. The summed E-state index contributed by atoms with van der Waals surface area (Å²) in [6.45, 7) is 11.1. The minimum Gasteiger partial charge on any atom is -0.490 e. The van der Waals surface area contributed by atoms with Crippen molar-refractivity contribution in [2.75, 3.05) is 18.5 Å². The Morgan fingerprint density at radius 3 is 1.87 bits per heavy atom. The molecule has 8 N–H and O–H groups in total. The van der Waals surface area contributed by atoms with Crippen molar-refractivity contribution in [1.29, 1.82) is 0 Å². The molecule has 1 heterocycles. The third kappa shape index (κ3) is 13.1. The van der Waals surface area contributed by atoms with Crippen LogP contribution in [0.15, 0.2) is 36.5 Å². The van der Waals surface area contributed by atoms with Crippen molar-refractivity contribution in [2.24, 2.45) is 17.4 Å². The normalized spacial score (nSPS) is 12.2. The molecule has 1 unspecified atom stereocenters. The number of primary amides is 1. The number of hydrogen-bond acceptors (Lipinski definition) is 9. The first-order valence-corrected chi connectivity index (χ1v) is 15.7. The molecule has 1 aromatic heterocycles. The molecule has 0 bridgehead atoms. The molecule has 0 aliphatic heterocycles. The summed E-state index contributed by atoms with van der Waals surface area (Å²) in [4.78, 5) is 47.2. The Kier molecular flexibility index (Phi) is 17.1. The minimum atomic E-state index is -5.08. The van der Waals surface area contributed by atoms with E-state index in [1.807, 2.05) is 58.9 Å². The quantitative estimate of drug-likeness (QED) is 0.117. The monoisotopic (exact) mass is 749 g/mol. The van der Waals surface area contributed by atoms with Crippen molar-refractivity contribution in [2.45, 2.75) is 72.4 Å². The standard InChI is InChI=1S/C29H39N5O4.2C2HF3O2/c1-6-17(5)26(30)29(36)33-15-18-11-10-12-22(19(18)7-2)34-27-20-13-24(37-8-3)25(38-9-4)14-23(20)32-16-21(27)28(31)35;2*3-2(4,5)1(6)7/h10-14,16-17,26H,6-9,15,30H2,1-5H3,(H2,31,35)(H,32,34)(H,33,36);2*(H,6,7)/t17?,26-;;/m0../s1. The summed E-state index contributed by atoms with van der Waals surface area (Å²) < 4.78 is 75.0. The fourth-order valence-corrected chi connectivity index (χ4v) is 4.34. The first-order valence-electron chi connectivity index (χ1n) is 15.7. The zero-order valence-corrected chi connectivity index (χ0v) is 28.9. The maximum Gasteiger partial charge on any atom is 0.490 e. The van der Waals surface area contributed by atoms with Crippen molar-refractivity contribution in [3.63, 3.8) is 0 Å². The summed E-state index contributed by atoms with van der Waals surface area (Å²) in [6, 6.07) is 8.87. The molecule has 0 aliphatic rings. The van der Waals surface area contributed by atoms with Crippen LogP contribution in [0.2, 0.25) is 0 Å². The van der Waals surface area contributed by atoms with Crippen LogP contribution in [0.5, 0.6) is 11.5 Å². The van der Waals surface area contributed by atoms with Crippen LogP contribution >= 0.6 is 0 Å². The number of aliphatic carboxylic acids is 2. The van der Waals surface area contributed by atoms with Gasteiger partial charge in [-0.05, 0) is 49.4 Å². The summed E-state index contributed by atoms with van der Waals surface area (Å²) in [6.07, 6.45) is -7.18. The van der Waals surface area contributed by atoms with Gasteiger partial charge in [-0.2, -0.15) is 26.3 Å². The lowest BCUT2D eigenvalue weighted by Gasteiger charge is -2.21. The number of benzene rings is 2. The molecule has 2 atom stereocenters. The smallest absolute Gasteiger partial charge is 0.490 e. The van der Waals surface area contributed by atoms with Crippen molar-refractivity contribution in [3.05, 3.63) is 53.2 Å². The second-order valence-corrected chi connectivity index (χ2v) is 10.7. The molecule has 3 aromatic rings. The van der Waals surface area contributed by atoms with Gasteiger partial charge in [0.1, 0.15) is 0 Å². The van der Waals surface area contributed by atoms with Gasteiger partial charge in [0, 0.05) is 29.9 Å². The number of carbonyl (C=O) groups excluding carboxylic acids is 2. The summed E-state index contributed by atoms with van der Waals surface area (Å²) >= 11 is 0. The molecule has 13 nitrogen and oxygen atoms in total. The van der Waals surface area contributed by atoms with E-state index in [4.69, 9.17) is 40.7 Å². The number of nitrogens with zero attached hydrogens (tertiary/aromatic N) is 1. The highest BCUT2D eigenvalue weighted by atomic mass is 19.4. The zero-order valence-electron chi connectivity index (χ0n) is 28.9. The number of ether oxygens (including phenoxy) is 2. The van der Waals surface area contributed by atoms with Gasteiger partial charge in [0.2, 0.25) is 5.91 Å². The Morgan fingerprint density at radius 2 is 1.42 bits per heavy atom. The summed E-state index contributed by atoms with van der Waals surface area (Å²) in [5, 5.41) is 21.3. The number of carbonyl (C=O) groups is 4. The SMILES string of the molecule is CCOc1cc2ncc(C(N)=O)c(Nc3cccc(CNC(=O)[C@@H](N)C(C)CC)c3CC)c2cc1OCC.O=C(O)C(F)(F)F.O=C(O)C(F)(F)F. The first kappa shape index (κ1) is 44.7.